The number of thiophene rings is 1. The van der Waals surface area contributed by atoms with E-state index >= 15 is 4.39 Å². The molecule has 2 amide bonds. The summed E-state index contributed by atoms with van der Waals surface area (Å²) in [7, 11) is 0. The third-order valence-electron chi connectivity index (χ3n) is 7.51. The zero-order valence-corrected chi connectivity index (χ0v) is 24.9. The lowest BCUT2D eigenvalue weighted by Crippen LogP contribution is -2.53. The van der Waals surface area contributed by atoms with Crippen molar-refractivity contribution in [3.63, 3.8) is 0 Å². The van der Waals surface area contributed by atoms with Gasteiger partial charge < -0.3 is 14.4 Å². The first kappa shape index (κ1) is 28.2. The van der Waals surface area contributed by atoms with Gasteiger partial charge >= 0.3 is 6.09 Å². The SMILES string of the molecule is Cc1csc2ccnc(N(C(=O)c3ccc(-c4nnn5c4COCC5)cc3F)[C@@H]3CCCN(C(=O)OC(C)(C)C)C3)c12. The molecule has 0 bridgehead atoms. The van der Waals surface area contributed by atoms with E-state index in [4.69, 9.17) is 9.47 Å². The highest BCUT2D eigenvalue weighted by molar-refractivity contribution is 7.17. The topological polar surface area (TPSA) is 103 Å². The maximum atomic E-state index is 15.9. The number of likely N-dealkylation sites (tertiary alicyclic amines) is 1. The number of aryl methyl sites for hydroxylation is 1. The van der Waals surface area contributed by atoms with Crippen molar-refractivity contribution >= 4 is 39.2 Å². The number of anilines is 1. The first-order chi connectivity index (χ1) is 20.1. The van der Waals surface area contributed by atoms with Crippen LogP contribution in [0, 0.1) is 12.7 Å². The summed E-state index contributed by atoms with van der Waals surface area (Å²) in [6.45, 7) is 9.65. The van der Waals surface area contributed by atoms with E-state index in [0.29, 0.717) is 56.2 Å². The maximum absolute atomic E-state index is 15.9. The van der Waals surface area contributed by atoms with Crippen molar-refractivity contribution in [2.24, 2.45) is 0 Å². The van der Waals surface area contributed by atoms with Crippen LogP contribution in [0.15, 0.2) is 35.8 Å². The van der Waals surface area contributed by atoms with Crippen LogP contribution in [0.2, 0.25) is 0 Å². The van der Waals surface area contributed by atoms with Crippen LogP contribution in [0.3, 0.4) is 0 Å². The van der Waals surface area contributed by atoms with Gasteiger partial charge in [0.05, 0.1) is 37.1 Å². The molecule has 0 radical (unpaired) electrons. The fourth-order valence-corrected chi connectivity index (χ4v) is 6.48. The number of hydrogen-bond acceptors (Lipinski definition) is 8. The lowest BCUT2D eigenvalue weighted by atomic mass is 10.0. The van der Waals surface area contributed by atoms with Gasteiger partial charge in [0.15, 0.2) is 0 Å². The highest BCUT2D eigenvalue weighted by atomic mass is 32.1. The lowest BCUT2D eigenvalue weighted by molar-refractivity contribution is 0.0196. The highest BCUT2D eigenvalue weighted by Crippen LogP contribution is 2.36. The van der Waals surface area contributed by atoms with Gasteiger partial charge in [-0.15, -0.1) is 16.4 Å². The van der Waals surface area contributed by atoms with Crippen LogP contribution in [0.1, 0.15) is 55.2 Å². The van der Waals surface area contributed by atoms with Crippen molar-refractivity contribution in [3.8, 4) is 11.3 Å². The maximum Gasteiger partial charge on any atom is 0.410 e. The summed E-state index contributed by atoms with van der Waals surface area (Å²) in [4.78, 5) is 35.2. The van der Waals surface area contributed by atoms with E-state index in [1.165, 1.54) is 12.1 Å². The highest BCUT2D eigenvalue weighted by Gasteiger charge is 2.36. The Hall–Kier alpha value is -3.90. The van der Waals surface area contributed by atoms with Crippen LogP contribution < -0.4 is 4.90 Å². The van der Waals surface area contributed by atoms with Gasteiger partial charge in [-0.1, -0.05) is 11.3 Å². The minimum atomic E-state index is -0.671. The molecule has 0 saturated carbocycles. The van der Waals surface area contributed by atoms with Crippen molar-refractivity contribution in [2.45, 2.75) is 65.3 Å². The van der Waals surface area contributed by atoms with Gasteiger partial charge in [0.2, 0.25) is 0 Å². The number of carbonyl (C=O) groups is 2. The van der Waals surface area contributed by atoms with Gasteiger partial charge in [-0.25, -0.2) is 18.9 Å². The number of piperidine rings is 1. The smallest absolute Gasteiger partial charge is 0.410 e. The van der Waals surface area contributed by atoms with E-state index in [1.54, 1.807) is 38.1 Å². The van der Waals surface area contributed by atoms with Crippen LogP contribution in [0.25, 0.3) is 21.3 Å². The molecule has 42 heavy (non-hydrogen) atoms. The number of hydrogen-bond donors (Lipinski definition) is 0. The molecule has 2 aliphatic heterocycles. The second-order valence-corrected chi connectivity index (χ2v) is 12.6. The largest absolute Gasteiger partial charge is 0.444 e. The van der Waals surface area contributed by atoms with E-state index in [9.17, 15) is 9.59 Å². The molecule has 1 atom stereocenters. The number of benzene rings is 1. The van der Waals surface area contributed by atoms with Crippen molar-refractivity contribution < 1.29 is 23.5 Å². The van der Waals surface area contributed by atoms with Gasteiger partial charge in [0.25, 0.3) is 5.91 Å². The Labute approximate surface area is 247 Å². The molecule has 0 aliphatic carbocycles. The second-order valence-electron chi connectivity index (χ2n) is 11.7. The van der Waals surface area contributed by atoms with Crippen molar-refractivity contribution in [3.05, 3.63) is 58.5 Å². The number of halogens is 1. The molecule has 1 fully saturated rings. The Morgan fingerprint density at radius 2 is 2.05 bits per heavy atom. The number of pyridine rings is 1. The normalized spacial score (nSPS) is 17.3. The summed E-state index contributed by atoms with van der Waals surface area (Å²) in [6.07, 6.45) is 2.51. The fraction of sp³-hybridized carbons (Fsp3) is 0.433. The Balaban J connectivity index is 1.38. The molecular formula is C30H33FN6O4S. The first-order valence-electron chi connectivity index (χ1n) is 14.0. The summed E-state index contributed by atoms with van der Waals surface area (Å²) in [5.41, 5.74) is 2.06. The zero-order valence-electron chi connectivity index (χ0n) is 24.1. The van der Waals surface area contributed by atoms with Crippen LogP contribution in [0.5, 0.6) is 0 Å². The number of carbonyl (C=O) groups excluding carboxylic acids is 2. The Morgan fingerprint density at radius 3 is 2.83 bits per heavy atom. The fourth-order valence-electron chi connectivity index (χ4n) is 5.55. The van der Waals surface area contributed by atoms with E-state index in [0.717, 1.165) is 21.3 Å². The van der Waals surface area contributed by atoms with Gasteiger partial charge in [0, 0.05) is 34.9 Å². The van der Waals surface area contributed by atoms with Gasteiger partial charge in [-0.3, -0.25) is 9.69 Å². The molecule has 220 valence electrons. The van der Waals surface area contributed by atoms with Crippen molar-refractivity contribution in [1.29, 1.82) is 0 Å². The van der Waals surface area contributed by atoms with Crippen molar-refractivity contribution in [2.75, 3.05) is 24.6 Å². The number of rotatable bonds is 4. The Kier molecular flexibility index (Phi) is 7.44. The molecule has 12 heteroatoms. The van der Waals surface area contributed by atoms with Crippen LogP contribution in [0.4, 0.5) is 15.0 Å². The number of aromatic nitrogens is 4. The van der Waals surface area contributed by atoms with Crippen molar-refractivity contribution in [1.82, 2.24) is 24.9 Å². The molecule has 1 saturated heterocycles. The lowest BCUT2D eigenvalue weighted by Gasteiger charge is -2.39. The Bertz CT molecular complexity index is 1660. The molecule has 1 aromatic carbocycles. The minimum absolute atomic E-state index is 0.0860. The number of nitrogens with zero attached hydrogens (tertiary/aromatic N) is 6. The van der Waals surface area contributed by atoms with E-state index < -0.39 is 29.5 Å². The van der Waals surface area contributed by atoms with Crippen LogP contribution in [-0.4, -0.2) is 68.2 Å². The standard InChI is InChI=1S/C30H33FN6O4S/c1-18-17-42-24-9-10-32-27(25(18)24)37(20-6-5-11-35(15-20)29(39)41-30(2,3)4)28(38)21-8-7-19(14-22(21)31)26-23-16-40-13-12-36(23)34-33-26/h7-10,14,17,20H,5-6,11-13,15-16H2,1-4H3/t20-/m1/s1. The predicted molar refractivity (Wildman–Crippen MR) is 157 cm³/mol. The number of amides is 2. The molecule has 2 aliphatic rings. The molecule has 0 spiro atoms. The molecular weight excluding hydrogens is 559 g/mol. The average molecular weight is 593 g/mol. The summed E-state index contributed by atoms with van der Waals surface area (Å²) in [5, 5.41) is 11.3. The second kappa shape index (κ2) is 11.1. The van der Waals surface area contributed by atoms with Gasteiger partial charge in [-0.2, -0.15) is 0 Å². The summed E-state index contributed by atoms with van der Waals surface area (Å²) in [6, 6.07) is 5.97. The summed E-state index contributed by atoms with van der Waals surface area (Å²) in [5.74, 6) is -0.732. The number of ether oxygens (including phenoxy) is 2. The quantitative estimate of drug-likeness (QED) is 0.305. The van der Waals surface area contributed by atoms with E-state index in [2.05, 4.69) is 15.3 Å². The molecule has 6 rings (SSSR count). The van der Waals surface area contributed by atoms with Crippen LogP contribution in [-0.2, 0) is 22.6 Å². The van der Waals surface area contributed by atoms with Gasteiger partial charge in [0.1, 0.15) is 22.9 Å². The molecule has 10 nitrogen and oxygen atoms in total. The third kappa shape index (κ3) is 5.36. The van der Waals surface area contributed by atoms with E-state index in [1.807, 2.05) is 39.1 Å². The third-order valence-corrected chi connectivity index (χ3v) is 8.57. The molecule has 5 heterocycles. The predicted octanol–water partition coefficient (Wildman–Crippen LogP) is 5.58. The van der Waals surface area contributed by atoms with Crippen LogP contribution >= 0.6 is 11.3 Å². The molecule has 3 aromatic heterocycles. The van der Waals surface area contributed by atoms with E-state index in [-0.39, 0.29) is 12.1 Å². The van der Waals surface area contributed by atoms with Gasteiger partial charge in [-0.05, 0) is 69.7 Å². The average Bonchev–Trinajstić information content (AvgIpc) is 3.56. The molecule has 0 unspecified atom stereocenters. The number of fused-ring (bicyclic) bond motifs is 2. The minimum Gasteiger partial charge on any atom is -0.444 e. The first-order valence-corrected chi connectivity index (χ1v) is 14.9. The zero-order chi connectivity index (χ0) is 29.6. The molecule has 4 aromatic rings. The molecule has 0 N–H and O–H groups in total. The monoisotopic (exact) mass is 592 g/mol. The summed E-state index contributed by atoms with van der Waals surface area (Å²) < 4.78 is 29.8. The summed E-state index contributed by atoms with van der Waals surface area (Å²) >= 11 is 1.56. The Morgan fingerprint density at radius 1 is 1.21 bits per heavy atom.